The van der Waals surface area contributed by atoms with Crippen molar-refractivity contribution < 1.29 is 46.3 Å². The Morgan fingerprint density at radius 1 is 1.03 bits per heavy atom. The Balaban J connectivity index is 0.935. The number of hydrogen-bond acceptors (Lipinski definition) is 10. The maximum absolute atomic E-state index is 16.3. The van der Waals surface area contributed by atoms with E-state index in [1.54, 1.807) is 47.4 Å². The third kappa shape index (κ3) is 8.61. The average molecular weight is 959 g/mol. The number of imide groups is 1. The number of carbonyl (C=O) groups excluding carboxylic acids is 5. The molecule has 5 N–H and O–H groups in total. The van der Waals surface area contributed by atoms with Crippen molar-refractivity contribution in [2.45, 2.75) is 101 Å². The van der Waals surface area contributed by atoms with Gasteiger partial charge in [0, 0.05) is 90.3 Å². The second kappa shape index (κ2) is 17.7. The van der Waals surface area contributed by atoms with Gasteiger partial charge in [-0.2, -0.15) is 13.2 Å². The molecule has 3 saturated heterocycles. The number of alkyl halides is 3. The van der Waals surface area contributed by atoms with E-state index in [0.29, 0.717) is 42.6 Å². The lowest BCUT2D eigenvalue weighted by molar-refractivity contribution is -0.141. The smallest absolute Gasteiger partial charge is 0.433 e. The highest BCUT2D eigenvalue weighted by Crippen LogP contribution is 2.57. The lowest BCUT2D eigenvalue weighted by Gasteiger charge is -2.39. The summed E-state index contributed by atoms with van der Waals surface area (Å²) < 4.78 is 63.7. The van der Waals surface area contributed by atoms with Crippen molar-refractivity contribution in [1.29, 1.82) is 0 Å². The number of benzene rings is 3. The van der Waals surface area contributed by atoms with E-state index in [1.165, 1.54) is 24.3 Å². The van der Waals surface area contributed by atoms with Crippen LogP contribution in [0.3, 0.4) is 0 Å². The Hall–Kier alpha value is -6.27. The van der Waals surface area contributed by atoms with Crippen LogP contribution in [0, 0.1) is 11.2 Å². The summed E-state index contributed by atoms with van der Waals surface area (Å²) in [4.78, 5) is 73.4. The molecule has 0 saturated carbocycles. The first kappa shape index (κ1) is 46.8. The maximum Gasteiger partial charge on any atom is 0.433 e. The number of piperidine rings is 2. The normalized spacial score (nSPS) is 24.7. The monoisotopic (exact) mass is 958 g/mol. The van der Waals surface area contributed by atoms with Gasteiger partial charge in [0.25, 0.3) is 11.8 Å². The minimum absolute atomic E-state index is 0.0754. The number of rotatable bonds is 9. The first-order valence-corrected chi connectivity index (χ1v) is 23.0. The Kier molecular flexibility index (Phi) is 12.2. The molecule has 3 aromatic carbocycles. The lowest BCUT2D eigenvalue weighted by Crippen LogP contribution is -2.52. The molecule has 5 aliphatic heterocycles. The van der Waals surface area contributed by atoms with Gasteiger partial charge in [-0.25, -0.2) is 4.39 Å². The van der Waals surface area contributed by atoms with E-state index in [4.69, 9.17) is 16.3 Å². The minimum atomic E-state index is -4.71. The van der Waals surface area contributed by atoms with Crippen LogP contribution in [0.2, 0.25) is 5.02 Å². The highest BCUT2D eigenvalue weighted by atomic mass is 35.5. The summed E-state index contributed by atoms with van der Waals surface area (Å²) in [6.45, 7) is 7.20. The number of carbonyl (C=O) groups is 5. The molecule has 0 bridgehead atoms. The molecule has 4 aromatic rings. The molecule has 5 aliphatic rings. The Morgan fingerprint density at radius 2 is 1.82 bits per heavy atom. The molecule has 14 nitrogen and oxygen atoms in total. The first-order valence-electron chi connectivity index (χ1n) is 22.6. The molecular formula is C49H51ClF4N8O6. The molecule has 1 spiro atoms. The Labute approximate surface area is 394 Å². The van der Waals surface area contributed by atoms with Gasteiger partial charge in [-0.3, -0.25) is 34.3 Å². The minimum Gasteiger partial charge on any atom is -0.495 e. The van der Waals surface area contributed by atoms with E-state index in [-0.39, 0.29) is 82.8 Å². The van der Waals surface area contributed by atoms with Crippen molar-refractivity contribution in [2.75, 3.05) is 42.7 Å². The predicted octanol–water partition coefficient (Wildman–Crippen LogP) is 7.24. The quantitative estimate of drug-likeness (QED) is 0.0851. The summed E-state index contributed by atoms with van der Waals surface area (Å²) in [5.74, 6) is -3.47. The highest BCUT2D eigenvalue weighted by Gasteiger charge is 2.62. The van der Waals surface area contributed by atoms with Crippen LogP contribution in [0.5, 0.6) is 5.75 Å². The SMILES string of the molecule is COc1cc(C(=O)N2CCC[C@@H](Nc3ccc4c(c3)CN(C3CCC(=O)NC3=O)C4=O)C2)ccc1NC(=O)[C@@H]1N[C@@H](CC(C)(C)C)[C@@]2(CNc3cc(C(F)(F)F)ncc32)[C@H]1c1cccc(Cl)c1F. The molecule has 1 aromatic heterocycles. The summed E-state index contributed by atoms with van der Waals surface area (Å²) >= 11 is 6.37. The molecule has 68 heavy (non-hydrogen) atoms. The Morgan fingerprint density at radius 3 is 2.56 bits per heavy atom. The van der Waals surface area contributed by atoms with Crippen LogP contribution in [-0.4, -0.2) is 95.2 Å². The fourth-order valence-corrected chi connectivity index (χ4v) is 11.0. The molecule has 9 rings (SSSR count). The largest absolute Gasteiger partial charge is 0.495 e. The van der Waals surface area contributed by atoms with Gasteiger partial charge in [0.05, 0.1) is 23.9 Å². The van der Waals surface area contributed by atoms with Gasteiger partial charge in [-0.05, 0) is 90.8 Å². The van der Waals surface area contributed by atoms with Crippen molar-refractivity contribution in [3.63, 3.8) is 0 Å². The van der Waals surface area contributed by atoms with Gasteiger partial charge in [-0.1, -0.05) is 44.5 Å². The number of anilines is 3. The number of fused-ring (bicyclic) bond motifs is 3. The topological polar surface area (TPSA) is 174 Å². The van der Waals surface area contributed by atoms with Crippen LogP contribution in [0.4, 0.5) is 34.6 Å². The standard InChI is InChI=1S/C49H51ClF4N8O6/c1-47(2,3)20-38-48(24-56-34-19-37(49(52,53)54)55-21-31(34)48)40(30-8-5-9-32(50)41(30)51)42(59-38)44(65)58-33-13-10-25(18-36(33)68-4)45(66)61-16-6-7-28(23-61)57-27-11-12-29-26(17-27)22-62(46(29)67)35-14-15-39(63)60-43(35)64/h5,8-13,17-19,21,28,35,38,40,42,56-57,59H,6-7,14-16,20,22-24H2,1-4H3,(H,58,65)(H,60,63,64)/t28-,35?,38+,40+,42-,48+/m1/s1. The van der Waals surface area contributed by atoms with Crippen molar-refractivity contribution in [2.24, 2.45) is 5.41 Å². The number of nitrogens with one attached hydrogen (secondary N) is 5. The van der Waals surface area contributed by atoms with E-state index >= 15 is 4.39 Å². The van der Waals surface area contributed by atoms with Crippen LogP contribution >= 0.6 is 11.6 Å². The fourth-order valence-electron chi connectivity index (χ4n) is 10.8. The second-order valence-electron chi connectivity index (χ2n) is 19.5. The van der Waals surface area contributed by atoms with E-state index < -0.39 is 59.0 Å². The first-order chi connectivity index (χ1) is 32.2. The third-order valence-electron chi connectivity index (χ3n) is 13.9. The van der Waals surface area contributed by atoms with Crippen molar-refractivity contribution >= 4 is 58.2 Å². The summed E-state index contributed by atoms with van der Waals surface area (Å²) in [5, 5.41) is 15.2. The van der Waals surface area contributed by atoms with Gasteiger partial charge in [-0.15, -0.1) is 0 Å². The summed E-state index contributed by atoms with van der Waals surface area (Å²) in [6, 6.07) is 13.0. The molecule has 1 unspecified atom stereocenters. The molecule has 6 heterocycles. The average Bonchev–Trinajstić information content (AvgIpc) is 3.94. The number of methoxy groups -OCH3 is 1. The molecule has 0 aliphatic carbocycles. The summed E-state index contributed by atoms with van der Waals surface area (Å²) in [7, 11) is 1.41. The number of hydrogen-bond donors (Lipinski definition) is 5. The molecule has 19 heteroatoms. The number of ether oxygens (including phenoxy) is 1. The van der Waals surface area contributed by atoms with Crippen LogP contribution < -0.4 is 31.3 Å². The molecule has 6 atom stereocenters. The van der Waals surface area contributed by atoms with Gasteiger partial charge < -0.3 is 35.8 Å². The zero-order valence-corrected chi connectivity index (χ0v) is 38.5. The predicted molar refractivity (Wildman–Crippen MR) is 245 cm³/mol. The molecular weight excluding hydrogens is 908 g/mol. The van der Waals surface area contributed by atoms with E-state index in [0.717, 1.165) is 23.7 Å². The number of aromatic nitrogens is 1. The van der Waals surface area contributed by atoms with Crippen LogP contribution in [-0.2, 0) is 32.5 Å². The number of halogens is 5. The van der Waals surface area contributed by atoms with Gasteiger partial charge >= 0.3 is 6.18 Å². The zero-order valence-electron chi connectivity index (χ0n) is 37.8. The van der Waals surface area contributed by atoms with Crippen molar-refractivity contribution in [1.82, 2.24) is 25.4 Å². The number of pyridine rings is 1. The highest BCUT2D eigenvalue weighted by molar-refractivity contribution is 6.30. The van der Waals surface area contributed by atoms with Crippen LogP contribution in [0.25, 0.3) is 0 Å². The number of likely N-dealkylation sites (tertiary alicyclic amines) is 1. The Bertz CT molecular complexity index is 2730. The summed E-state index contributed by atoms with van der Waals surface area (Å²) in [5.41, 5.74) is 0.702. The maximum atomic E-state index is 16.3. The van der Waals surface area contributed by atoms with Gasteiger partial charge in [0.1, 0.15) is 23.3 Å². The van der Waals surface area contributed by atoms with E-state index in [1.807, 2.05) is 26.8 Å². The second-order valence-corrected chi connectivity index (χ2v) is 19.9. The number of amides is 5. The lowest BCUT2D eigenvalue weighted by atomic mass is 9.63. The van der Waals surface area contributed by atoms with Gasteiger partial charge in [0.15, 0.2) is 0 Å². The van der Waals surface area contributed by atoms with E-state index in [9.17, 15) is 37.1 Å². The van der Waals surface area contributed by atoms with Crippen molar-refractivity contribution in [3.8, 4) is 5.75 Å². The third-order valence-corrected chi connectivity index (χ3v) is 14.2. The molecule has 0 radical (unpaired) electrons. The molecule has 5 amide bonds. The van der Waals surface area contributed by atoms with Crippen LogP contribution in [0.1, 0.15) is 102 Å². The van der Waals surface area contributed by atoms with Gasteiger partial charge in [0.2, 0.25) is 17.7 Å². The van der Waals surface area contributed by atoms with E-state index in [2.05, 4.69) is 31.6 Å². The van der Waals surface area contributed by atoms with Crippen molar-refractivity contribution in [3.05, 3.63) is 111 Å². The number of nitrogens with zero attached hydrogens (tertiary/aromatic N) is 3. The zero-order chi connectivity index (χ0) is 48.4. The van der Waals surface area contributed by atoms with Crippen LogP contribution in [0.15, 0.2) is 66.9 Å². The fraction of sp³-hybridized carbons (Fsp3) is 0.429. The summed E-state index contributed by atoms with van der Waals surface area (Å²) in [6.07, 6.45) is -1.16. The molecule has 3 fully saturated rings. The molecule has 358 valence electrons.